The SMILES string of the molecule is Cc1c(NCc2cccc3c2OCO3)cccc1C(=O)O. The molecule has 5 nitrogen and oxygen atoms in total. The second-order valence-corrected chi connectivity index (χ2v) is 4.79. The van der Waals surface area contributed by atoms with E-state index < -0.39 is 5.97 Å². The van der Waals surface area contributed by atoms with Crippen LogP contribution in [0.1, 0.15) is 21.5 Å². The molecule has 2 aromatic carbocycles. The molecule has 108 valence electrons. The number of benzene rings is 2. The van der Waals surface area contributed by atoms with Crippen molar-refractivity contribution >= 4 is 11.7 Å². The maximum absolute atomic E-state index is 11.1. The zero-order valence-electron chi connectivity index (χ0n) is 11.6. The van der Waals surface area contributed by atoms with E-state index in [0.717, 1.165) is 28.3 Å². The number of carbonyl (C=O) groups is 1. The third-order valence-corrected chi connectivity index (χ3v) is 3.51. The highest BCUT2D eigenvalue weighted by Crippen LogP contribution is 2.35. The zero-order chi connectivity index (χ0) is 14.8. The standard InChI is InChI=1S/C16H15NO4/c1-10-12(16(18)19)5-3-6-13(10)17-8-11-4-2-7-14-15(11)21-9-20-14/h2-7,17H,8-9H2,1H3,(H,18,19). The Morgan fingerprint density at radius 3 is 2.86 bits per heavy atom. The Balaban J connectivity index is 1.82. The number of hydrogen-bond donors (Lipinski definition) is 2. The summed E-state index contributed by atoms with van der Waals surface area (Å²) in [6, 6.07) is 10.9. The van der Waals surface area contributed by atoms with Crippen LogP contribution < -0.4 is 14.8 Å². The molecular weight excluding hydrogens is 270 g/mol. The molecule has 3 rings (SSSR count). The molecule has 2 N–H and O–H groups in total. The molecule has 5 heteroatoms. The molecule has 2 aromatic rings. The third-order valence-electron chi connectivity index (χ3n) is 3.51. The van der Waals surface area contributed by atoms with Crippen molar-refractivity contribution in [2.75, 3.05) is 12.1 Å². The van der Waals surface area contributed by atoms with E-state index in [2.05, 4.69) is 5.32 Å². The van der Waals surface area contributed by atoms with Gasteiger partial charge in [-0.05, 0) is 30.7 Å². The summed E-state index contributed by atoms with van der Waals surface area (Å²) in [4.78, 5) is 11.1. The minimum atomic E-state index is -0.923. The number of anilines is 1. The Morgan fingerprint density at radius 2 is 2.05 bits per heavy atom. The van der Waals surface area contributed by atoms with Crippen molar-refractivity contribution in [2.45, 2.75) is 13.5 Å². The first kappa shape index (κ1) is 13.3. The second-order valence-electron chi connectivity index (χ2n) is 4.79. The quantitative estimate of drug-likeness (QED) is 0.903. The molecule has 0 radical (unpaired) electrons. The van der Waals surface area contributed by atoms with Gasteiger partial charge in [0.2, 0.25) is 6.79 Å². The molecule has 0 amide bonds. The summed E-state index contributed by atoms with van der Waals surface area (Å²) in [7, 11) is 0. The Hall–Kier alpha value is -2.69. The van der Waals surface area contributed by atoms with Crippen molar-refractivity contribution in [1.29, 1.82) is 0 Å². The van der Waals surface area contributed by atoms with Crippen molar-refractivity contribution in [1.82, 2.24) is 0 Å². The number of fused-ring (bicyclic) bond motifs is 1. The van der Waals surface area contributed by atoms with Gasteiger partial charge in [-0.2, -0.15) is 0 Å². The van der Waals surface area contributed by atoms with Crippen LogP contribution in [0.2, 0.25) is 0 Å². The lowest BCUT2D eigenvalue weighted by Gasteiger charge is -2.12. The van der Waals surface area contributed by atoms with Crippen LogP contribution in [-0.2, 0) is 6.54 Å². The number of carboxylic acid groups (broad SMARTS) is 1. The van der Waals surface area contributed by atoms with Crippen LogP contribution in [0.5, 0.6) is 11.5 Å². The molecule has 0 aromatic heterocycles. The van der Waals surface area contributed by atoms with Gasteiger partial charge >= 0.3 is 5.97 Å². The fourth-order valence-corrected chi connectivity index (χ4v) is 2.38. The summed E-state index contributed by atoms with van der Waals surface area (Å²) < 4.78 is 10.8. The van der Waals surface area contributed by atoms with E-state index in [9.17, 15) is 4.79 Å². The van der Waals surface area contributed by atoms with Crippen molar-refractivity contribution < 1.29 is 19.4 Å². The molecule has 0 unspecified atom stereocenters. The van der Waals surface area contributed by atoms with Gasteiger partial charge in [-0.25, -0.2) is 4.79 Å². The lowest BCUT2D eigenvalue weighted by molar-refractivity contribution is 0.0696. The maximum Gasteiger partial charge on any atom is 0.336 e. The van der Waals surface area contributed by atoms with Crippen molar-refractivity contribution in [3.8, 4) is 11.5 Å². The van der Waals surface area contributed by atoms with Gasteiger partial charge in [0.1, 0.15) is 0 Å². The normalized spacial score (nSPS) is 12.2. The van der Waals surface area contributed by atoms with Crippen LogP contribution in [-0.4, -0.2) is 17.9 Å². The Bertz CT molecular complexity index is 697. The zero-order valence-corrected chi connectivity index (χ0v) is 11.6. The Morgan fingerprint density at radius 1 is 1.24 bits per heavy atom. The van der Waals surface area contributed by atoms with E-state index >= 15 is 0 Å². The van der Waals surface area contributed by atoms with Crippen LogP contribution in [0.15, 0.2) is 36.4 Å². The first-order chi connectivity index (χ1) is 10.2. The second kappa shape index (κ2) is 5.36. The molecule has 0 atom stereocenters. The minimum absolute atomic E-state index is 0.236. The highest BCUT2D eigenvalue weighted by Gasteiger charge is 2.17. The lowest BCUT2D eigenvalue weighted by atomic mass is 10.1. The van der Waals surface area contributed by atoms with Gasteiger partial charge in [0.25, 0.3) is 0 Å². The number of hydrogen-bond acceptors (Lipinski definition) is 4. The van der Waals surface area contributed by atoms with Gasteiger partial charge in [0.05, 0.1) is 5.56 Å². The van der Waals surface area contributed by atoms with Gasteiger partial charge < -0.3 is 19.9 Å². The third kappa shape index (κ3) is 2.50. The average Bonchev–Trinajstić information content (AvgIpc) is 2.95. The molecule has 0 aliphatic carbocycles. The molecule has 0 bridgehead atoms. The monoisotopic (exact) mass is 285 g/mol. The summed E-state index contributed by atoms with van der Waals surface area (Å²) in [5, 5.41) is 12.4. The summed E-state index contributed by atoms with van der Waals surface area (Å²) in [5.41, 5.74) is 2.80. The fraction of sp³-hybridized carbons (Fsp3) is 0.188. The molecule has 1 aliphatic rings. The molecular formula is C16H15NO4. The van der Waals surface area contributed by atoms with Crippen LogP contribution in [0.4, 0.5) is 5.69 Å². The number of rotatable bonds is 4. The first-order valence-electron chi connectivity index (χ1n) is 6.61. The molecule has 0 spiro atoms. The largest absolute Gasteiger partial charge is 0.478 e. The van der Waals surface area contributed by atoms with E-state index in [1.807, 2.05) is 24.3 Å². The molecule has 0 saturated carbocycles. The van der Waals surface area contributed by atoms with Crippen LogP contribution in [0.25, 0.3) is 0 Å². The molecule has 1 heterocycles. The summed E-state index contributed by atoms with van der Waals surface area (Å²) in [5.74, 6) is 0.566. The molecule has 1 aliphatic heterocycles. The maximum atomic E-state index is 11.1. The highest BCUT2D eigenvalue weighted by atomic mass is 16.7. The van der Waals surface area contributed by atoms with Crippen molar-refractivity contribution in [3.63, 3.8) is 0 Å². The summed E-state index contributed by atoms with van der Waals surface area (Å²) in [6.07, 6.45) is 0. The Labute approximate surface area is 122 Å². The number of carboxylic acids is 1. The van der Waals surface area contributed by atoms with Gasteiger partial charge in [-0.3, -0.25) is 0 Å². The predicted octanol–water partition coefficient (Wildman–Crippen LogP) is 3.03. The summed E-state index contributed by atoms with van der Waals surface area (Å²) in [6.45, 7) is 2.57. The van der Waals surface area contributed by atoms with E-state index in [-0.39, 0.29) is 6.79 Å². The number of para-hydroxylation sites is 1. The van der Waals surface area contributed by atoms with Gasteiger partial charge in [-0.1, -0.05) is 18.2 Å². The minimum Gasteiger partial charge on any atom is -0.478 e. The molecule has 21 heavy (non-hydrogen) atoms. The first-order valence-corrected chi connectivity index (χ1v) is 6.61. The Kier molecular flexibility index (Phi) is 3.39. The average molecular weight is 285 g/mol. The van der Waals surface area contributed by atoms with Crippen molar-refractivity contribution in [3.05, 3.63) is 53.1 Å². The van der Waals surface area contributed by atoms with Gasteiger partial charge in [0, 0.05) is 17.8 Å². The smallest absolute Gasteiger partial charge is 0.336 e. The van der Waals surface area contributed by atoms with E-state index in [1.165, 1.54) is 0 Å². The van der Waals surface area contributed by atoms with E-state index in [1.54, 1.807) is 19.1 Å². The summed E-state index contributed by atoms with van der Waals surface area (Å²) >= 11 is 0. The number of aromatic carboxylic acids is 1. The van der Waals surface area contributed by atoms with Crippen LogP contribution in [0.3, 0.4) is 0 Å². The van der Waals surface area contributed by atoms with Crippen molar-refractivity contribution in [2.24, 2.45) is 0 Å². The van der Waals surface area contributed by atoms with E-state index in [4.69, 9.17) is 14.6 Å². The lowest BCUT2D eigenvalue weighted by Crippen LogP contribution is -2.06. The highest BCUT2D eigenvalue weighted by molar-refractivity contribution is 5.91. The fourth-order valence-electron chi connectivity index (χ4n) is 2.38. The molecule has 0 fully saturated rings. The van der Waals surface area contributed by atoms with E-state index in [0.29, 0.717) is 12.1 Å². The predicted molar refractivity (Wildman–Crippen MR) is 78.0 cm³/mol. The topological polar surface area (TPSA) is 67.8 Å². The molecule has 0 saturated heterocycles. The number of ether oxygens (including phenoxy) is 2. The number of nitrogens with one attached hydrogen (secondary N) is 1. The van der Waals surface area contributed by atoms with Crippen LogP contribution in [0, 0.1) is 6.92 Å². The van der Waals surface area contributed by atoms with Crippen LogP contribution >= 0.6 is 0 Å². The van der Waals surface area contributed by atoms with Gasteiger partial charge in [-0.15, -0.1) is 0 Å². The van der Waals surface area contributed by atoms with Gasteiger partial charge in [0.15, 0.2) is 11.5 Å².